The minimum absolute atomic E-state index is 0.0102. The zero-order chi connectivity index (χ0) is 18.7. The number of piperidine rings is 1. The van der Waals surface area contributed by atoms with Gasteiger partial charge in [0.2, 0.25) is 5.91 Å². The zero-order valence-electron chi connectivity index (χ0n) is 15.1. The first-order chi connectivity index (χ1) is 12.5. The molecule has 3 rings (SSSR count). The van der Waals surface area contributed by atoms with Crippen molar-refractivity contribution in [2.45, 2.75) is 39.5 Å². The average molecular weight is 358 g/mol. The van der Waals surface area contributed by atoms with Crippen molar-refractivity contribution in [1.82, 2.24) is 10.1 Å². The van der Waals surface area contributed by atoms with E-state index in [0.717, 1.165) is 23.4 Å². The maximum atomic E-state index is 13.9. The van der Waals surface area contributed by atoms with Crippen LogP contribution in [0.3, 0.4) is 0 Å². The smallest absolute Gasteiger partial charge is 0.222 e. The van der Waals surface area contributed by atoms with Gasteiger partial charge < -0.3 is 9.42 Å². The number of likely N-dealkylation sites (tertiary alicyclic amines) is 1. The summed E-state index contributed by atoms with van der Waals surface area (Å²) < 4.78 is 19.0. The second-order valence-electron chi connectivity index (χ2n) is 6.83. The lowest BCUT2D eigenvalue weighted by Crippen LogP contribution is -2.42. The van der Waals surface area contributed by atoms with E-state index in [1.54, 1.807) is 17.0 Å². The third kappa shape index (κ3) is 3.84. The highest BCUT2D eigenvalue weighted by molar-refractivity contribution is 5.98. The summed E-state index contributed by atoms with van der Waals surface area (Å²) in [5.41, 5.74) is 1.89. The molecule has 1 aliphatic rings. The van der Waals surface area contributed by atoms with Crippen molar-refractivity contribution in [3.8, 4) is 0 Å². The van der Waals surface area contributed by atoms with Crippen molar-refractivity contribution in [3.05, 3.63) is 52.7 Å². The van der Waals surface area contributed by atoms with Gasteiger partial charge in [0.1, 0.15) is 11.6 Å². The molecule has 2 heterocycles. The number of halogens is 1. The first-order valence-electron chi connectivity index (χ1n) is 8.95. The van der Waals surface area contributed by atoms with Crippen LogP contribution in [0.5, 0.6) is 0 Å². The standard InChI is InChI=1S/C20H23FN2O3/c1-13-16(14(2)26-22-13)9-10-19(24)23-11-5-6-15(12-23)20(25)17-7-3-4-8-18(17)21/h3-4,7-8,15H,5-6,9-12H2,1-2H3/t15-/m0/s1. The lowest BCUT2D eigenvalue weighted by Gasteiger charge is -2.32. The van der Waals surface area contributed by atoms with Crippen LogP contribution in [0.25, 0.3) is 0 Å². The topological polar surface area (TPSA) is 63.4 Å². The van der Waals surface area contributed by atoms with Crippen LogP contribution in [0, 0.1) is 25.6 Å². The summed E-state index contributed by atoms with van der Waals surface area (Å²) in [4.78, 5) is 26.9. The van der Waals surface area contributed by atoms with Gasteiger partial charge in [-0.05, 0) is 45.2 Å². The quantitative estimate of drug-likeness (QED) is 0.768. The molecule has 1 saturated heterocycles. The Morgan fingerprint density at radius 2 is 2.08 bits per heavy atom. The minimum atomic E-state index is -0.501. The molecular formula is C20H23FN2O3. The number of carbonyl (C=O) groups is 2. The van der Waals surface area contributed by atoms with E-state index in [2.05, 4.69) is 5.16 Å². The number of nitrogens with zero attached hydrogens (tertiary/aromatic N) is 2. The van der Waals surface area contributed by atoms with Gasteiger partial charge in [0.25, 0.3) is 0 Å². The SMILES string of the molecule is Cc1noc(C)c1CCC(=O)N1CCC[C@H](C(=O)c2ccccc2F)C1. The Kier molecular flexibility index (Phi) is 5.49. The Hall–Kier alpha value is -2.50. The zero-order valence-corrected chi connectivity index (χ0v) is 15.1. The molecule has 2 aromatic rings. The van der Waals surface area contributed by atoms with Crippen molar-refractivity contribution in [2.24, 2.45) is 5.92 Å². The number of hydrogen-bond acceptors (Lipinski definition) is 4. The van der Waals surface area contributed by atoms with E-state index >= 15 is 0 Å². The molecule has 0 aliphatic carbocycles. The van der Waals surface area contributed by atoms with Crippen LogP contribution in [0.2, 0.25) is 0 Å². The number of amides is 1. The third-order valence-electron chi connectivity index (χ3n) is 5.05. The summed E-state index contributed by atoms with van der Waals surface area (Å²) in [6, 6.07) is 6.03. The van der Waals surface area contributed by atoms with Gasteiger partial charge in [-0.2, -0.15) is 0 Å². The Morgan fingerprint density at radius 3 is 2.77 bits per heavy atom. The Labute approximate surface area is 152 Å². The first kappa shape index (κ1) is 18.3. The molecule has 1 atom stereocenters. The normalized spacial score (nSPS) is 17.3. The van der Waals surface area contributed by atoms with Crippen LogP contribution in [0.4, 0.5) is 4.39 Å². The minimum Gasteiger partial charge on any atom is -0.361 e. The number of hydrogen-bond donors (Lipinski definition) is 0. The van der Waals surface area contributed by atoms with Crippen molar-refractivity contribution in [3.63, 3.8) is 0 Å². The van der Waals surface area contributed by atoms with Crippen LogP contribution in [-0.2, 0) is 11.2 Å². The van der Waals surface area contributed by atoms with Gasteiger partial charge in [0.05, 0.1) is 11.3 Å². The Balaban J connectivity index is 1.62. The molecule has 0 saturated carbocycles. The van der Waals surface area contributed by atoms with Gasteiger partial charge in [-0.3, -0.25) is 9.59 Å². The largest absolute Gasteiger partial charge is 0.361 e. The molecule has 0 spiro atoms. The van der Waals surface area contributed by atoms with E-state index < -0.39 is 5.82 Å². The first-order valence-corrected chi connectivity index (χ1v) is 8.95. The molecule has 1 aromatic heterocycles. The molecule has 0 unspecified atom stereocenters. The summed E-state index contributed by atoms with van der Waals surface area (Å²) in [7, 11) is 0. The van der Waals surface area contributed by atoms with Gasteiger partial charge in [-0.15, -0.1) is 0 Å². The van der Waals surface area contributed by atoms with Gasteiger partial charge in [-0.1, -0.05) is 17.3 Å². The summed E-state index contributed by atoms with van der Waals surface area (Å²) in [6.07, 6.45) is 2.36. The van der Waals surface area contributed by atoms with E-state index in [0.29, 0.717) is 32.4 Å². The molecule has 1 amide bonds. The molecule has 26 heavy (non-hydrogen) atoms. The summed E-state index contributed by atoms with van der Waals surface area (Å²) >= 11 is 0. The van der Waals surface area contributed by atoms with Gasteiger partial charge in [0.15, 0.2) is 5.78 Å². The number of aryl methyl sites for hydroxylation is 2. The van der Waals surface area contributed by atoms with E-state index in [-0.39, 0.29) is 23.2 Å². The highest BCUT2D eigenvalue weighted by atomic mass is 19.1. The highest BCUT2D eigenvalue weighted by Gasteiger charge is 2.30. The molecule has 6 heteroatoms. The van der Waals surface area contributed by atoms with Crippen LogP contribution >= 0.6 is 0 Å². The Morgan fingerprint density at radius 1 is 1.31 bits per heavy atom. The summed E-state index contributed by atoms with van der Waals surface area (Å²) in [6.45, 7) is 4.69. The number of carbonyl (C=O) groups excluding carboxylic acids is 2. The molecule has 1 fully saturated rings. The number of Topliss-reactive ketones (excluding diaryl/α,β-unsaturated/α-hetero) is 1. The molecule has 5 nitrogen and oxygen atoms in total. The number of aromatic nitrogens is 1. The predicted molar refractivity (Wildman–Crippen MR) is 94.3 cm³/mol. The van der Waals surface area contributed by atoms with E-state index in [9.17, 15) is 14.0 Å². The molecular weight excluding hydrogens is 335 g/mol. The number of rotatable bonds is 5. The van der Waals surface area contributed by atoms with Crippen molar-refractivity contribution in [1.29, 1.82) is 0 Å². The lowest BCUT2D eigenvalue weighted by atomic mass is 9.89. The molecule has 138 valence electrons. The fourth-order valence-electron chi connectivity index (χ4n) is 3.55. The van der Waals surface area contributed by atoms with E-state index in [1.807, 2.05) is 13.8 Å². The van der Waals surface area contributed by atoms with Crippen LogP contribution in [0.1, 0.15) is 46.6 Å². The molecule has 0 radical (unpaired) electrons. The van der Waals surface area contributed by atoms with Gasteiger partial charge >= 0.3 is 0 Å². The molecule has 1 aromatic carbocycles. The number of ketones is 1. The molecule has 1 aliphatic heterocycles. The molecule has 0 bridgehead atoms. The van der Waals surface area contributed by atoms with E-state index in [4.69, 9.17) is 4.52 Å². The summed E-state index contributed by atoms with van der Waals surface area (Å²) in [5, 5.41) is 3.90. The summed E-state index contributed by atoms with van der Waals surface area (Å²) in [5.74, 6) is -0.313. The predicted octanol–water partition coefficient (Wildman–Crippen LogP) is 3.48. The van der Waals surface area contributed by atoms with Crippen molar-refractivity contribution >= 4 is 11.7 Å². The number of benzene rings is 1. The second-order valence-corrected chi connectivity index (χ2v) is 6.83. The third-order valence-corrected chi connectivity index (χ3v) is 5.05. The monoisotopic (exact) mass is 358 g/mol. The fourth-order valence-corrected chi connectivity index (χ4v) is 3.55. The van der Waals surface area contributed by atoms with Gasteiger partial charge in [-0.25, -0.2) is 4.39 Å². The maximum Gasteiger partial charge on any atom is 0.222 e. The Bertz CT molecular complexity index is 796. The van der Waals surface area contributed by atoms with Gasteiger partial charge in [0, 0.05) is 31.0 Å². The maximum absolute atomic E-state index is 13.9. The average Bonchev–Trinajstić information content (AvgIpc) is 2.97. The highest BCUT2D eigenvalue weighted by Crippen LogP contribution is 2.23. The van der Waals surface area contributed by atoms with Crippen LogP contribution in [0.15, 0.2) is 28.8 Å². The van der Waals surface area contributed by atoms with Crippen molar-refractivity contribution in [2.75, 3.05) is 13.1 Å². The lowest BCUT2D eigenvalue weighted by molar-refractivity contribution is -0.132. The van der Waals surface area contributed by atoms with E-state index in [1.165, 1.54) is 12.1 Å². The van der Waals surface area contributed by atoms with Crippen LogP contribution < -0.4 is 0 Å². The van der Waals surface area contributed by atoms with Crippen molar-refractivity contribution < 1.29 is 18.5 Å². The fraction of sp³-hybridized carbons (Fsp3) is 0.450. The van der Waals surface area contributed by atoms with Crippen LogP contribution in [-0.4, -0.2) is 34.8 Å². The second kappa shape index (κ2) is 7.81. The molecule has 0 N–H and O–H groups in total.